The third-order valence-electron chi connectivity index (χ3n) is 0.604. The second-order valence-corrected chi connectivity index (χ2v) is 1.31. The highest BCUT2D eigenvalue weighted by Gasteiger charge is 1.67. The monoisotopic (exact) mass is 146 g/mol. The van der Waals surface area contributed by atoms with Crippen LogP contribution in [0.4, 0.5) is 0 Å². The lowest BCUT2D eigenvalue weighted by Crippen LogP contribution is -1.58. The minimum absolute atomic E-state index is 0. The van der Waals surface area contributed by atoms with Gasteiger partial charge in [0.15, 0.2) is 0 Å². The minimum atomic E-state index is 0. The molecule has 0 aromatic rings. The third kappa shape index (κ3) is 116. The average molecular weight is 146 g/mol. The summed E-state index contributed by atoms with van der Waals surface area (Å²) in [5.74, 6) is 0. The van der Waals surface area contributed by atoms with Crippen LogP contribution in [-0.4, -0.2) is 0 Å². The first kappa shape index (κ1) is 22.6. The molecule has 0 fully saturated rings. The number of rotatable bonds is 1. The highest BCUT2D eigenvalue weighted by Crippen LogP contribution is 1.88. The first-order chi connectivity index (χ1) is 4.27. The molecule has 0 atom stereocenters. The largest absolute Gasteiger partial charge is 0.100 e. The molecule has 10 heavy (non-hydrogen) atoms. The molecule has 0 heterocycles. The molecule has 0 unspecified atom stereocenters. The Morgan fingerprint density at radius 3 is 1.20 bits per heavy atom. The maximum Gasteiger partial charge on any atom is -0.0354 e. The molecule has 0 rings (SSSR count). The average Bonchev–Trinajstić information content (AvgIpc) is 1.97. The summed E-state index contributed by atoms with van der Waals surface area (Å²) in [5.41, 5.74) is 1.25. The second kappa shape index (κ2) is 37.4. The van der Waals surface area contributed by atoms with Crippen molar-refractivity contribution in [1.82, 2.24) is 0 Å². The molecule has 0 aromatic heterocycles. The van der Waals surface area contributed by atoms with Gasteiger partial charge in [-0.1, -0.05) is 47.6 Å². The molecule has 0 spiro atoms. The number of hydrogen-bond acceptors (Lipinski definition) is 0. The fraction of sp³-hybridized carbons (Fsp3) is 0.800. The zero-order valence-electron chi connectivity index (χ0n) is 7.91. The van der Waals surface area contributed by atoms with Crippen LogP contribution in [0, 0.1) is 0 Å². The Morgan fingerprint density at radius 2 is 1.20 bits per heavy atom. The van der Waals surface area contributed by atoms with Crippen molar-refractivity contribution in [3.63, 3.8) is 0 Å². The Labute approximate surface area is 68.4 Å². The first-order valence-electron chi connectivity index (χ1n) is 3.91. The van der Waals surface area contributed by atoms with Crippen molar-refractivity contribution < 1.29 is 0 Å². The molecule has 0 aromatic carbocycles. The van der Waals surface area contributed by atoms with Crippen LogP contribution in [-0.2, 0) is 0 Å². The van der Waals surface area contributed by atoms with E-state index in [4.69, 9.17) is 0 Å². The predicted octanol–water partition coefficient (Wildman–Crippen LogP) is 4.66. The van der Waals surface area contributed by atoms with Crippen molar-refractivity contribution in [3.05, 3.63) is 12.2 Å². The quantitative estimate of drug-likeness (QED) is 0.472. The Bertz CT molecular complexity index is 35.3. The smallest absolute Gasteiger partial charge is 0.0354 e. The van der Waals surface area contributed by atoms with E-state index in [0.29, 0.717) is 0 Å². The van der Waals surface area contributed by atoms with Gasteiger partial charge in [0.25, 0.3) is 0 Å². The summed E-state index contributed by atoms with van der Waals surface area (Å²) in [6.45, 7) is 15.8. The SMILES string of the molecule is C.C=C(C)CC.CC.CC. The Hall–Kier alpha value is -0.260. The van der Waals surface area contributed by atoms with Crippen LogP contribution in [0.5, 0.6) is 0 Å². The van der Waals surface area contributed by atoms with Gasteiger partial charge in [-0.25, -0.2) is 0 Å². The summed E-state index contributed by atoms with van der Waals surface area (Å²) in [5, 5.41) is 0. The summed E-state index contributed by atoms with van der Waals surface area (Å²) >= 11 is 0. The molecule has 0 saturated carbocycles. The summed E-state index contributed by atoms with van der Waals surface area (Å²) in [4.78, 5) is 0. The van der Waals surface area contributed by atoms with Crippen LogP contribution in [0.1, 0.15) is 55.4 Å². The molecule has 0 amide bonds. The van der Waals surface area contributed by atoms with E-state index in [-0.39, 0.29) is 7.43 Å². The molecular formula is C10H26. The van der Waals surface area contributed by atoms with Gasteiger partial charge in [0.05, 0.1) is 0 Å². The topological polar surface area (TPSA) is 0 Å². The maximum absolute atomic E-state index is 3.67. The lowest BCUT2D eigenvalue weighted by atomic mass is 10.3. The molecular weight excluding hydrogens is 120 g/mol. The van der Waals surface area contributed by atoms with Gasteiger partial charge in [-0.3, -0.25) is 0 Å². The van der Waals surface area contributed by atoms with Crippen LogP contribution in [0.15, 0.2) is 12.2 Å². The Kier molecular flexibility index (Phi) is 84.5. The van der Waals surface area contributed by atoms with Crippen LogP contribution in [0.25, 0.3) is 0 Å². The predicted molar refractivity (Wildman–Crippen MR) is 54.5 cm³/mol. The van der Waals surface area contributed by atoms with Crippen molar-refractivity contribution in [2.45, 2.75) is 55.4 Å². The van der Waals surface area contributed by atoms with Gasteiger partial charge in [0.1, 0.15) is 0 Å². The van der Waals surface area contributed by atoms with Gasteiger partial charge >= 0.3 is 0 Å². The van der Waals surface area contributed by atoms with Gasteiger partial charge in [-0.15, -0.1) is 6.58 Å². The third-order valence-corrected chi connectivity index (χ3v) is 0.604. The maximum atomic E-state index is 3.67. The summed E-state index contributed by atoms with van der Waals surface area (Å²) in [7, 11) is 0. The van der Waals surface area contributed by atoms with E-state index in [1.807, 2.05) is 34.6 Å². The fourth-order valence-electron chi connectivity index (χ4n) is 0. The van der Waals surface area contributed by atoms with Crippen LogP contribution in [0.3, 0.4) is 0 Å². The molecule has 0 heteroatoms. The van der Waals surface area contributed by atoms with Crippen molar-refractivity contribution in [2.24, 2.45) is 0 Å². The van der Waals surface area contributed by atoms with Crippen LogP contribution >= 0.6 is 0 Å². The molecule has 66 valence electrons. The molecule has 0 radical (unpaired) electrons. The Balaban J connectivity index is -0.0000000315. The van der Waals surface area contributed by atoms with E-state index in [2.05, 4.69) is 13.5 Å². The van der Waals surface area contributed by atoms with Crippen molar-refractivity contribution in [1.29, 1.82) is 0 Å². The van der Waals surface area contributed by atoms with Gasteiger partial charge in [-0.05, 0) is 13.3 Å². The van der Waals surface area contributed by atoms with Gasteiger partial charge < -0.3 is 0 Å². The fourth-order valence-corrected chi connectivity index (χ4v) is 0. The van der Waals surface area contributed by atoms with Gasteiger partial charge in [-0.2, -0.15) is 0 Å². The highest BCUT2D eigenvalue weighted by molar-refractivity contribution is 4.84. The Morgan fingerprint density at radius 1 is 1.10 bits per heavy atom. The van der Waals surface area contributed by atoms with E-state index in [9.17, 15) is 0 Å². The first-order valence-corrected chi connectivity index (χ1v) is 3.91. The summed E-state index contributed by atoms with van der Waals surface area (Å²) in [6.07, 6.45) is 1.11. The molecule has 0 bridgehead atoms. The van der Waals surface area contributed by atoms with Crippen molar-refractivity contribution >= 4 is 0 Å². The van der Waals surface area contributed by atoms with E-state index in [1.165, 1.54) is 5.57 Å². The van der Waals surface area contributed by atoms with Crippen molar-refractivity contribution in [2.75, 3.05) is 0 Å². The van der Waals surface area contributed by atoms with E-state index in [1.54, 1.807) is 0 Å². The number of allylic oxidation sites excluding steroid dienone is 1. The molecule has 0 aliphatic rings. The minimum Gasteiger partial charge on any atom is -0.100 e. The summed E-state index contributed by atoms with van der Waals surface area (Å²) in [6, 6.07) is 0. The van der Waals surface area contributed by atoms with E-state index in [0.717, 1.165) is 6.42 Å². The van der Waals surface area contributed by atoms with Gasteiger partial charge in [0, 0.05) is 0 Å². The van der Waals surface area contributed by atoms with Crippen LogP contribution < -0.4 is 0 Å². The molecule has 0 aliphatic carbocycles. The van der Waals surface area contributed by atoms with E-state index < -0.39 is 0 Å². The standard InChI is InChI=1S/C5H10.2C2H6.CH4/c1-4-5(2)3;2*1-2;/h2,4H2,1,3H3;2*1-2H3;1H4. The van der Waals surface area contributed by atoms with Gasteiger partial charge in [0.2, 0.25) is 0 Å². The second-order valence-electron chi connectivity index (χ2n) is 1.31. The summed E-state index contributed by atoms with van der Waals surface area (Å²) < 4.78 is 0. The lowest BCUT2D eigenvalue weighted by molar-refractivity contribution is 1.11. The van der Waals surface area contributed by atoms with Crippen LogP contribution in [0.2, 0.25) is 0 Å². The van der Waals surface area contributed by atoms with Crippen molar-refractivity contribution in [3.8, 4) is 0 Å². The normalized spacial score (nSPS) is 5.00. The van der Waals surface area contributed by atoms with E-state index >= 15 is 0 Å². The number of hydrogen-bond donors (Lipinski definition) is 0. The highest BCUT2D eigenvalue weighted by atomic mass is 13.7. The molecule has 0 aliphatic heterocycles. The zero-order valence-corrected chi connectivity index (χ0v) is 7.91. The molecule has 0 nitrogen and oxygen atoms in total. The lowest BCUT2D eigenvalue weighted by Gasteiger charge is -1.79. The molecule has 0 N–H and O–H groups in total. The zero-order chi connectivity index (χ0) is 8.28. The molecule has 0 saturated heterocycles.